The van der Waals surface area contributed by atoms with Gasteiger partial charge in [-0.1, -0.05) is 60.7 Å². The molecule has 0 spiro atoms. The van der Waals surface area contributed by atoms with Gasteiger partial charge in [0.25, 0.3) is 0 Å². The van der Waals surface area contributed by atoms with E-state index < -0.39 is 5.41 Å². The first kappa shape index (κ1) is 28.9. The zero-order valence-corrected chi connectivity index (χ0v) is 25.3. The lowest BCUT2D eigenvalue weighted by Crippen LogP contribution is -2.31. The van der Waals surface area contributed by atoms with Gasteiger partial charge in [0.1, 0.15) is 24.7 Å². The smallest absolute Gasteiger partial charge is 0.122 e. The molecule has 214 valence electrons. The van der Waals surface area contributed by atoms with Crippen molar-refractivity contribution in [1.29, 1.82) is 0 Å². The highest BCUT2D eigenvalue weighted by molar-refractivity contribution is 5.87. The monoisotopic (exact) mass is 550 g/mol. The zero-order chi connectivity index (χ0) is 29.0. The lowest BCUT2D eigenvalue weighted by atomic mass is 9.65. The predicted octanol–water partition coefficient (Wildman–Crippen LogP) is 8.11. The lowest BCUT2D eigenvalue weighted by molar-refractivity contribution is 0.110. The zero-order valence-electron chi connectivity index (χ0n) is 25.3. The SMILES string of the molecule is CCOCCOc1cc(C)c(C2(c3cc(C)c(OCCOCC)cc3C)c3ccccc3-c3ccccc32)cc1C. The summed E-state index contributed by atoms with van der Waals surface area (Å²) in [6.45, 7) is 16.3. The second-order valence-electron chi connectivity index (χ2n) is 10.8. The van der Waals surface area contributed by atoms with Gasteiger partial charge in [-0.05, 0) is 109 Å². The van der Waals surface area contributed by atoms with E-state index >= 15 is 0 Å². The maximum Gasteiger partial charge on any atom is 0.122 e. The fraction of sp³-hybridized carbons (Fsp3) is 0.351. The van der Waals surface area contributed by atoms with Crippen LogP contribution >= 0.6 is 0 Å². The van der Waals surface area contributed by atoms with Crippen molar-refractivity contribution in [3.8, 4) is 22.6 Å². The Morgan fingerprint density at radius 2 is 0.902 bits per heavy atom. The van der Waals surface area contributed by atoms with Crippen LogP contribution in [-0.2, 0) is 14.9 Å². The Hall–Kier alpha value is -3.60. The minimum absolute atomic E-state index is 0.482. The molecule has 1 aliphatic rings. The summed E-state index contributed by atoms with van der Waals surface area (Å²) in [5, 5.41) is 0. The van der Waals surface area contributed by atoms with Crippen molar-refractivity contribution in [2.75, 3.05) is 39.6 Å². The molecule has 41 heavy (non-hydrogen) atoms. The van der Waals surface area contributed by atoms with Crippen LogP contribution in [0.2, 0.25) is 0 Å². The molecule has 0 saturated carbocycles. The van der Waals surface area contributed by atoms with Crippen LogP contribution in [-0.4, -0.2) is 39.6 Å². The molecular weight excluding hydrogens is 508 g/mol. The third-order valence-corrected chi connectivity index (χ3v) is 8.18. The van der Waals surface area contributed by atoms with Crippen LogP contribution in [0.3, 0.4) is 0 Å². The summed E-state index contributed by atoms with van der Waals surface area (Å²) in [6, 6.07) is 26.8. The van der Waals surface area contributed by atoms with Crippen LogP contribution < -0.4 is 9.47 Å². The fourth-order valence-electron chi connectivity index (χ4n) is 6.37. The number of benzene rings is 4. The van der Waals surface area contributed by atoms with Crippen LogP contribution in [0.15, 0.2) is 72.8 Å². The molecule has 4 nitrogen and oxygen atoms in total. The summed E-state index contributed by atoms with van der Waals surface area (Å²) < 4.78 is 23.4. The van der Waals surface area contributed by atoms with Gasteiger partial charge in [0.05, 0.1) is 18.6 Å². The second-order valence-corrected chi connectivity index (χ2v) is 10.8. The first-order valence-electron chi connectivity index (χ1n) is 14.8. The first-order valence-corrected chi connectivity index (χ1v) is 14.8. The van der Waals surface area contributed by atoms with E-state index in [1.54, 1.807) is 0 Å². The van der Waals surface area contributed by atoms with Crippen LogP contribution in [0, 0.1) is 27.7 Å². The van der Waals surface area contributed by atoms with Crippen LogP contribution in [0.4, 0.5) is 0 Å². The molecule has 0 unspecified atom stereocenters. The van der Waals surface area contributed by atoms with Crippen molar-refractivity contribution in [1.82, 2.24) is 0 Å². The average molecular weight is 551 g/mol. The van der Waals surface area contributed by atoms with E-state index in [1.807, 2.05) is 13.8 Å². The number of rotatable bonds is 12. The van der Waals surface area contributed by atoms with E-state index in [9.17, 15) is 0 Å². The van der Waals surface area contributed by atoms with Gasteiger partial charge in [0.15, 0.2) is 0 Å². The van der Waals surface area contributed by atoms with Gasteiger partial charge in [-0.3, -0.25) is 0 Å². The van der Waals surface area contributed by atoms with Gasteiger partial charge in [-0.15, -0.1) is 0 Å². The molecule has 0 radical (unpaired) electrons. The fourth-order valence-corrected chi connectivity index (χ4v) is 6.37. The number of aryl methyl sites for hydroxylation is 4. The summed E-state index contributed by atoms with van der Waals surface area (Å²) in [7, 11) is 0. The molecule has 1 aliphatic carbocycles. The lowest BCUT2D eigenvalue weighted by Gasteiger charge is -2.37. The molecular formula is C37H42O4. The molecule has 4 aromatic rings. The minimum Gasteiger partial charge on any atom is -0.491 e. The van der Waals surface area contributed by atoms with E-state index in [2.05, 4.69) is 100 Å². The minimum atomic E-state index is -0.482. The molecule has 0 bridgehead atoms. The van der Waals surface area contributed by atoms with Gasteiger partial charge >= 0.3 is 0 Å². The quantitative estimate of drug-likeness (QED) is 0.147. The summed E-state index contributed by atoms with van der Waals surface area (Å²) in [5.41, 5.74) is 11.9. The summed E-state index contributed by atoms with van der Waals surface area (Å²) >= 11 is 0. The van der Waals surface area contributed by atoms with Crippen molar-refractivity contribution in [3.63, 3.8) is 0 Å². The van der Waals surface area contributed by atoms with Crippen LogP contribution in [0.5, 0.6) is 11.5 Å². The second kappa shape index (κ2) is 12.5. The Morgan fingerprint density at radius 3 is 1.32 bits per heavy atom. The molecule has 4 aromatic carbocycles. The average Bonchev–Trinajstić information content (AvgIpc) is 3.27. The predicted molar refractivity (Wildman–Crippen MR) is 167 cm³/mol. The molecule has 4 heteroatoms. The number of hydrogen-bond acceptors (Lipinski definition) is 4. The number of hydrogen-bond donors (Lipinski definition) is 0. The Balaban J connectivity index is 1.72. The van der Waals surface area contributed by atoms with Crippen molar-refractivity contribution in [2.45, 2.75) is 47.0 Å². The highest BCUT2D eigenvalue weighted by atomic mass is 16.5. The molecule has 0 saturated heterocycles. The Bertz CT molecular complexity index is 1400. The van der Waals surface area contributed by atoms with Gasteiger partial charge in [0.2, 0.25) is 0 Å². The standard InChI is InChI=1S/C37H42O4/c1-7-38-17-19-40-35-23-25(3)33(21-27(35)5)37(31-15-11-9-13-29(31)30-14-10-12-16-32(30)37)34-22-28(6)36(24-26(34)4)41-20-18-39-8-2/h9-16,21-24H,7-8,17-20H2,1-6H3. The molecule has 0 aliphatic heterocycles. The Morgan fingerprint density at radius 1 is 0.488 bits per heavy atom. The largest absolute Gasteiger partial charge is 0.491 e. The van der Waals surface area contributed by atoms with Crippen LogP contribution in [0.1, 0.15) is 58.4 Å². The van der Waals surface area contributed by atoms with Gasteiger partial charge in [-0.25, -0.2) is 0 Å². The highest BCUT2D eigenvalue weighted by Gasteiger charge is 2.47. The number of fused-ring (bicyclic) bond motifs is 3. The third-order valence-electron chi connectivity index (χ3n) is 8.18. The first-order chi connectivity index (χ1) is 19.9. The van der Waals surface area contributed by atoms with E-state index in [-0.39, 0.29) is 0 Å². The Kier molecular flexibility index (Phi) is 8.82. The van der Waals surface area contributed by atoms with Crippen molar-refractivity contribution in [2.24, 2.45) is 0 Å². The van der Waals surface area contributed by atoms with E-state index in [4.69, 9.17) is 18.9 Å². The summed E-state index contributed by atoms with van der Waals surface area (Å²) in [4.78, 5) is 0. The van der Waals surface area contributed by atoms with Crippen molar-refractivity contribution >= 4 is 0 Å². The van der Waals surface area contributed by atoms with Crippen molar-refractivity contribution < 1.29 is 18.9 Å². The topological polar surface area (TPSA) is 36.9 Å². The molecule has 0 heterocycles. The normalized spacial score (nSPS) is 13.1. The van der Waals surface area contributed by atoms with Gasteiger partial charge in [0, 0.05) is 13.2 Å². The molecule has 5 rings (SSSR count). The van der Waals surface area contributed by atoms with E-state index in [1.165, 1.54) is 44.5 Å². The van der Waals surface area contributed by atoms with Crippen LogP contribution in [0.25, 0.3) is 11.1 Å². The summed E-state index contributed by atoms with van der Waals surface area (Å²) in [6.07, 6.45) is 0. The molecule has 0 fully saturated rings. The molecule has 0 amide bonds. The third kappa shape index (κ3) is 5.27. The molecule has 0 atom stereocenters. The van der Waals surface area contributed by atoms with E-state index in [0.29, 0.717) is 39.6 Å². The van der Waals surface area contributed by atoms with E-state index in [0.717, 1.165) is 22.6 Å². The van der Waals surface area contributed by atoms with Crippen molar-refractivity contribution in [3.05, 3.63) is 117 Å². The van der Waals surface area contributed by atoms with Gasteiger partial charge < -0.3 is 18.9 Å². The maximum atomic E-state index is 6.18. The molecule has 0 N–H and O–H groups in total. The maximum absolute atomic E-state index is 6.18. The highest BCUT2D eigenvalue weighted by Crippen LogP contribution is 2.58. The molecule has 0 aromatic heterocycles. The Labute approximate surface area is 245 Å². The van der Waals surface area contributed by atoms with Gasteiger partial charge in [-0.2, -0.15) is 0 Å². The number of ether oxygens (including phenoxy) is 4. The summed E-state index contributed by atoms with van der Waals surface area (Å²) in [5.74, 6) is 1.82.